The molecule has 15 heavy (non-hydrogen) atoms. The second kappa shape index (κ2) is 3.94. The van der Waals surface area contributed by atoms with E-state index in [1.807, 2.05) is 6.92 Å². The van der Waals surface area contributed by atoms with Gasteiger partial charge in [-0.3, -0.25) is 0 Å². The zero-order chi connectivity index (χ0) is 10.8. The predicted molar refractivity (Wildman–Crippen MR) is 54.5 cm³/mol. The molecule has 1 fully saturated rings. The molecular weight excluding hydrogens is 196 g/mol. The molecule has 5 heteroatoms. The molecule has 1 aromatic rings. The van der Waals surface area contributed by atoms with E-state index in [0.717, 1.165) is 0 Å². The Morgan fingerprint density at radius 2 is 2.47 bits per heavy atom. The van der Waals surface area contributed by atoms with E-state index < -0.39 is 0 Å². The van der Waals surface area contributed by atoms with Gasteiger partial charge in [-0.2, -0.15) is 0 Å². The topological polar surface area (TPSA) is 66.5 Å². The van der Waals surface area contributed by atoms with E-state index in [1.54, 1.807) is 16.8 Å². The molecule has 0 spiro atoms. The lowest BCUT2D eigenvalue weighted by molar-refractivity contribution is -0.103. The first-order valence-electron chi connectivity index (χ1n) is 4.95. The first-order valence-corrected chi connectivity index (χ1v) is 4.95. The Kier molecular flexibility index (Phi) is 2.64. The van der Waals surface area contributed by atoms with Crippen molar-refractivity contribution < 1.29 is 14.3 Å². The average molecular weight is 210 g/mol. The van der Waals surface area contributed by atoms with Gasteiger partial charge in [-0.15, -0.1) is 0 Å². The minimum absolute atomic E-state index is 0.0982. The van der Waals surface area contributed by atoms with E-state index in [0.29, 0.717) is 31.1 Å². The summed E-state index contributed by atoms with van der Waals surface area (Å²) in [6.07, 6.45) is 1.63. The first kappa shape index (κ1) is 10.0. The van der Waals surface area contributed by atoms with Crippen LogP contribution in [0.25, 0.3) is 0 Å². The highest BCUT2D eigenvalue weighted by Gasteiger charge is 2.24. The number of esters is 1. The van der Waals surface area contributed by atoms with Gasteiger partial charge in [0.15, 0.2) is 0 Å². The number of hydrogen-bond acceptors (Lipinski definition) is 4. The summed E-state index contributed by atoms with van der Waals surface area (Å²) in [5, 5.41) is 0. The molecule has 2 heterocycles. The van der Waals surface area contributed by atoms with Gasteiger partial charge in [0.25, 0.3) is 0 Å². The van der Waals surface area contributed by atoms with Crippen molar-refractivity contribution in [1.29, 1.82) is 0 Å². The Hall–Kier alpha value is -1.49. The lowest BCUT2D eigenvalue weighted by atomic mass is 10.3. The van der Waals surface area contributed by atoms with Gasteiger partial charge in [-0.25, -0.2) is 4.79 Å². The van der Waals surface area contributed by atoms with E-state index in [2.05, 4.69) is 0 Å². The number of hydrogen-bond donors (Lipinski definition) is 1. The summed E-state index contributed by atoms with van der Waals surface area (Å²) in [7, 11) is 0. The lowest BCUT2D eigenvalue weighted by Gasteiger charge is -2.25. The van der Waals surface area contributed by atoms with Crippen LogP contribution in [0.15, 0.2) is 12.3 Å². The summed E-state index contributed by atoms with van der Waals surface area (Å²) >= 11 is 0. The Morgan fingerprint density at radius 3 is 3.00 bits per heavy atom. The molecule has 0 saturated carbocycles. The van der Waals surface area contributed by atoms with Crippen LogP contribution in [-0.2, 0) is 16.0 Å². The smallest absolute Gasteiger partial charge is 0.355 e. The normalized spacial score (nSPS) is 16.1. The standard InChI is InChI=1S/C10H14N2O3/c1-2-12-4-7(11)3-9(12)10(13)15-8-5-14-6-8/h3-4,8H,2,5-6,11H2,1H3. The minimum atomic E-state index is -0.332. The van der Waals surface area contributed by atoms with Crippen molar-refractivity contribution in [3.05, 3.63) is 18.0 Å². The van der Waals surface area contributed by atoms with Crippen molar-refractivity contribution >= 4 is 11.7 Å². The third-order valence-electron chi connectivity index (χ3n) is 2.35. The monoisotopic (exact) mass is 210 g/mol. The van der Waals surface area contributed by atoms with Crippen LogP contribution in [0.2, 0.25) is 0 Å². The SMILES string of the molecule is CCn1cc(N)cc1C(=O)OC1COC1. The lowest BCUT2D eigenvalue weighted by Crippen LogP contribution is -2.38. The Morgan fingerprint density at radius 1 is 1.73 bits per heavy atom. The van der Waals surface area contributed by atoms with E-state index >= 15 is 0 Å². The summed E-state index contributed by atoms with van der Waals surface area (Å²) < 4.78 is 11.9. The highest BCUT2D eigenvalue weighted by atomic mass is 16.6. The molecule has 0 amide bonds. The number of anilines is 1. The molecule has 2 rings (SSSR count). The van der Waals surface area contributed by atoms with Gasteiger partial charge >= 0.3 is 5.97 Å². The number of nitrogen functional groups attached to an aromatic ring is 1. The molecule has 5 nitrogen and oxygen atoms in total. The van der Waals surface area contributed by atoms with Gasteiger partial charge in [-0.05, 0) is 13.0 Å². The summed E-state index contributed by atoms with van der Waals surface area (Å²) in [4.78, 5) is 11.7. The quantitative estimate of drug-likeness (QED) is 0.744. The highest BCUT2D eigenvalue weighted by Crippen LogP contribution is 2.14. The average Bonchev–Trinajstić information content (AvgIpc) is 2.53. The van der Waals surface area contributed by atoms with Crippen LogP contribution >= 0.6 is 0 Å². The number of nitrogens with two attached hydrogens (primary N) is 1. The van der Waals surface area contributed by atoms with E-state index in [4.69, 9.17) is 15.2 Å². The number of aryl methyl sites for hydroxylation is 1. The third kappa shape index (κ3) is 1.97. The van der Waals surface area contributed by atoms with Gasteiger partial charge in [0.05, 0.1) is 18.9 Å². The zero-order valence-corrected chi connectivity index (χ0v) is 8.60. The number of carbonyl (C=O) groups excluding carboxylic acids is 1. The second-order valence-electron chi connectivity index (χ2n) is 3.51. The second-order valence-corrected chi connectivity index (χ2v) is 3.51. The van der Waals surface area contributed by atoms with Gasteiger partial charge in [0, 0.05) is 12.7 Å². The third-order valence-corrected chi connectivity index (χ3v) is 2.35. The fraction of sp³-hybridized carbons (Fsp3) is 0.500. The van der Waals surface area contributed by atoms with Crippen molar-refractivity contribution in [2.45, 2.75) is 19.6 Å². The van der Waals surface area contributed by atoms with Gasteiger partial charge in [0.2, 0.25) is 0 Å². The van der Waals surface area contributed by atoms with Crippen molar-refractivity contribution in [3.8, 4) is 0 Å². The maximum atomic E-state index is 11.7. The fourth-order valence-electron chi connectivity index (χ4n) is 1.46. The van der Waals surface area contributed by atoms with Crippen LogP contribution in [0.3, 0.4) is 0 Å². The van der Waals surface area contributed by atoms with Crippen LogP contribution in [0.4, 0.5) is 5.69 Å². The van der Waals surface area contributed by atoms with E-state index in [9.17, 15) is 4.79 Å². The van der Waals surface area contributed by atoms with E-state index in [1.165, 1.54) is 0 Å². The molecule has 1 aliphatic heterocycles. The molecule has 1 saturated heterocycles. The number of rotatable bonds is 3. The van der Waals surface area contributed by atoms with Crippen LogP contribution in [0, 0.1) is 0 Å². The molecule has 0 aliphatic carbocycles. The van der Waals surface area contributed by atoms with Crippen molar-refractivity contribution in [3.63, 3.8) is 0 Å². The van der Waals surface area contributed by atoms with E-state index in [-0.39, 0.29) is 12.1 Å². The highest BCUT2D eigenvalue weighted by molar-refractivity contribution is 5.89. The summed E-state index contributed by atoms with van der Waals surface area (Å²) in [6, 6.07) is 1.63. The fourth-order valence-corrected chi connectivity index (χ4v) is 1.46. The largest absolute Gasteiger partial charge is 0.453 e. The number of nitrogens with zero attached hydrogens (tertiary/aromatic N) is 1. The molecule has 0 bridgehead atoms. The van der Waals surface area contributed by atoms with Crippen molar-refractivity contribution in [2.75, 3.05) is 18.9 Å². The van der Waals surface area contributed by atoms with Crippen LogP contribution in [0.1, 0.15) is 17.4 Å². The van der Waals surface area contributed by atoms with Gasteiger partial charge in [0.1, 0.15) is 11.8 Å². The minimum Gasteiger partial charge on any atom is -0.453 e. The Bertz CT molecular complexity index is 369. The first-order chi connectivity index (χ1) is 7.20. The molecule has 0 radical (unpaired) electrons. The van der Waals surface area contributed by atoms with Crippen molar-refractivity contribution in [1.82, 2.24) is 4.57 Å². The molecular formula is C10H14N2O3. The summed E-state index contributed by atoms with van der Waals surface area (Å²) in [5.74, 6) is -0.332. The van der Waals surface area contributed by atoms with Crippen LogP contribution in [-0.4, -0.2) is 29.9 Å². The van der Waals surface area contributed by atoms with Gasteiger partial charge in [-0.1, -0.05) is 0 Å². The number of ether oxygens (including phenoxy) is 2. The number of carbonyl (C=O) groups is 1. The molecule has 2 N–H and O–H groups in total. The molecule has 1 aliphatic rings. The Labute approximate surface area is 87.8 Å². The predicted octanol–water partition coefficient (Wildman–Crippen LogP) is 0.646. The maximum absolute atomic E-state index is 11.7. The summed E-state index contributed by atoms with van der Waals surface area (Å²) in [6.45, 7) is 3.63. The van der Waals surface area contributed by atoms with Gasteiger partial charge < -0.3 is 19.8 Å². The molecule has 0 aromatic carbocycles. The summed E-state index contributed by atoms with van der Waals surface area (Å²) in [5.41, 5.74) is 6.70. The number of aromatic nitrogens is 1. The maximum Gasteiger partial charge on any atom is 0.355 e. The Balaban J connectivity index is 2.09. The molecule has 0 unspecified atom stereocenters. The zero-order valence-electron chi connectivity index (χ0n) is 8.60. The van der Waals surface area contributed by atoms with Crippen LogP contribution < -0.4 is 5.73 Å². The molecule has 1 aromatic heterocycles. The molecule has 82 valence electrons. The van der Waals surface area contributed by atoms with Crippen LogP contribution in [0.5, 0.6) is 0 Å². The molecule has 0 atom stereocenters. The van der Waals surface area contributed by atoms with Crippen molar-refractivity contribution in [2.24, 2.45) is 0 Å².